The lowest BCUT2D eigenvalue weighted by Crippen LogP contribution is -2.27. The lowest BCUT2D eigenvalue weighted by Gasteiger charge is -2.24. The Bertz CT molecular complexity index is 919. The number of fused-ring (bicyclic) bond motifs is 1. The lowest BCUT2D eigenvalue weighted by molar-refractivity contribution is 0.243. The van der Waals surface area contributed by atoms with Gasteiger partial charge in [-0.2, -0.15) is 4.98 Å². The van der Waals surface area contributed by atoms with Gasteiger partial charge >= 0.3 is 0 Å². The fourth-order valence-electron chi connectivity index (χ4n) is 4.66. The summed E-state index contributed by atoms with van der Waals surface area (Å²) in [5.41, 5.74) is 2.24. The van der Waals surface area contributed by atoms with Gasteiger partial charge in [-0.3, -0.25) is 4.90 Å². The van der Waals surface area contributed by atoms with Gasteiger partial charge in [0.25, 0.3) is 5.89 Å². The average Bonchev–Trinajstić information content (AvgIpc) is 3.39. The summed E-state index contributed by atoms with van der Waals surface area (Å²) >= 11 is 1.67. The first kappa shape index (κ1) is 16.1. The molecule has 4 heterocycles. The average molecular weight is 366 g/mol. The maximum atomic E-state index is 5.61. The van der Waals surface area contributed by atoms with Crippen LogP contribution in [0.25, 0.3) is 11.6 Å². The maximum Gasteiger partial charge on any atom is 0.277 e. The van der Waals surface area contributed by atoms with Crippen molar-refractivity contribution < 1.29 is 4.52 Å². The first-order valence-electron chi connectivity index (χ1n) is 9.29. The molecule has 2 aliphatic heterocycles. The van der Waals surface area contributed by atoms with E-state index in [1.54, 1.807) is 11.3 Å². The number of nitrogens with zero attached hydrogens (tertiary/aromatic N) is 4. The number of hydrogen-bond donors (Lipinski definition) is 0. The second-order valence-electron chi connectivity index (χ2n) is 7.31. The lowest BCUT2D eigenvalue weighted by atomic mass is 9.94. The number of aryl methyl sites for hydroxylation is 2. The van der Waals surface area contributed by atoms with Crippen LogP contribution in [0.15, 0.2) is 34.9 Å². The third-order valence-electron chi connectivity index (χ3n) is 5.75. The molecule has 2 saturated heterocycles. The Hall–Kier alpha value is -2.05. The minimum absolute atomic E-state index is 0.334. The minimum Gasteiger partial charge on any atom is -0.332 e. The molecule has 1 aromatic carbocycles. The Morgan fingerprint density at radius 2 is 2.00 bits per heavy atom. The van der Waals surface area contributed by atoms with E-state index < -0.39 is 0 Å². The van der Waals surface area contributed by atoms with Crippen molar-refractivity contribution in [3.05, 3.63) is 51.6 Å². The van der Waals surface area contributed by atoms with Gasteiger partial charge in [-0.05, 0) is 45.2 Å². The molecule has 134 valence electrons. The van der Waals surface area contributed by atoms with Gasteiger partial charge in [0.2, 0.25) is 0 Å². The van der Waals surface area contributed by atoms with Gasteiger partial charge in [0, 0.05) is 22.9 Å². The van der Waals surface area contributed by atoms with Crippen molar-refractivity contribution in [2.75, 3.05) is 6.54 Å². The van der Waals surface area contributed by atoms with Crippen LogP contribution in [0, 0.1) is 13.8 Å². The Morgan fingerprint density at radius 1 is 1.15 bits per heavy atom. The second kappa shape index (κ2) is 6.28. The summed E-state index contributed by atoms with van der Waals surface area (Å²) in [5, 5.41) is 5.40. The molecular formula is C20H22N4OS. The summed E-state index contributed by atoms with van der Waals surface area (Å²) in [6.45, 7) is 5.23. The van der Waals surface area contributed by atoms with Gasteiger partial charge < -0.3 is 4.52 Å². The first-order chi connectivity index (χ1) is 12.7. The van der Waals surface area contributed by atoms with Crippen molar-refractivity contribution in [1.82, 2.24) is 20.0 Å². The highest BCUT2D eigenvalue weighted by Crippen LogP contribution is 2.48. The summed E-state index contributed by atoms with van der Waals surface area (Å²) in [6, 6.07) is 11.8. The predicted octanol–water partition coefficient (Wildman–Crippen LogP) is 4.50. The van der Waals surface area contributed by atoms with Crippen LogP contribution in [0.2, 0.25) is 0 Å². The van der Waals surface area contributed by atoms with E-state index in [0.29, 0.717) is 23.9 Å². The largest absolute Gasteiger partial charge is 0.332 e. The predicted molar refractivity (Wildman–Crippen MR) is 101 cm³/mol. The maximum absolute atomic E-state index is 5.61. The van der Waals surface area contributed by atoms with Crippen LogP contribution in [0.3, 0.4) is 0 Å². The van der Waals surface area contributed by atoms with Crippen molar-refractivity contribution in [3.8, 4) is 11.6 Å². The Labute approximate surface area is 157 Å². The molecule has 0 N–H and O–H groups in total. The zero-order valence-corrected chi connectivity index (χ0v) is 15.9. The first-order valence-corrected chi connectivity index (χ1v) is 10.1. The normalized spacial score (nSPS) is 25.7. The van der Waals surface area contributed by atoms with Crippen molar-refractivity contribution in [2.24, 2.45) is 0 Å². The summed E-state index contributed by atoms with van der Waals surface area (Å²) in [6.07, 6.45) is 3.52. The van der Waals surface area contributed by atoms with Crippen LogP contribution in [0.1, 0.15) is 52.5 Å². The van der Waals surface area contributed by atoms with Crippen LogP contribution in [-0.2, 0) is 0 Å². The molecule has 2 aliphatic rings. The molecule has 3 aromatic rings. The highest BCUT2D eigenvalue weighted by atomic mass is 32.1. The molecule has 5 rings (SSSR count). The SMILES string of the molecule is Cc1nc(-c2nc([C@H]3C[C@@H](c4ccccc4)N4CCC[C@H]34)no2)c(C)s1. The zero-order chi connectivity index (χ0) is 17.7. The van der Waals surface area contributed by atoms with E-state index in [1.165, 1.54) is 18.4 Å². The molecule has 5 nitrogen and oxygen atoms in total. The molecule has 3 atom stereocenters. The van der Waals surface area contributed by atoms with Gasteiger partial charge in [-0.25, -0.2) is 4.98 Å². The number of thiazole rings is 1. The van der Waals surface area contributed by atoms with E-state index >= 15 is 0 Å². The monoisotopic (exact) mass is 366 g/mol. The molecule has 26 heavy (non-hydrogen) atoms. The molecule has 2 aromatic heterocycles. The van der Waals surface area contributed by atoms with Crippen LogP contribution >= 0.6 is 11.3 Å². The highest BCUT2D eigenvalue weighted by molar-refractivity contribution is 7.11. The highest BCUT2D eigenvalue weighted by Gasteiger charge is 2.46. The Morgan fingerprint density at radius 3 is 2.77 bits per heavy atom. The molecule has 2 fully saturated rings. The molecule has 0 spiro atoms. The van der Waals surface area contributed by atoms with Gasteiger partial charge in [-0.1, -0.05) is 35.5 Å². The minimum atomic E-state index is 0.334. The van der Waals surface area contributed by atoms with Crippen LogP contribution < -0.4 is 0 Å². The van der Waals surface area contributed by atoms with Gasteiger partial charge in [0.15, 0.2) is 5.82 Å². The van der Waals surface area contributed by atoms with Gasteiger partial charge in [0.05, 0.1) is 5.01 Å². The van der Waals surface area contributed by atoms with Gasteiger partial charge in [-0.15, -0.1) is 11.3 Å². The number of aromatic nitrogens is 3. The summed E-state index contributed by atoms with van der Waals surface area (Å²) < 4.78 is 5.61. The Balaban J connectivity index is 1.46. The Kier molecular flexibility index (Phi) is 3.90. The fraction of sp³-hybridized carbons (Fsp3) is 0.450. The van der Waals surface area contributed by atoms with Crippen molar-refractivity contribution >= 4 is 11.3 Å². The fourth-order valence-corrected chi connectivity index (χ4v) is 5.47. The second-order valence-corrected chi connectivity index (χ2v) is 8.72. The number of rotatable bonds is 3. The van der Waals surface area contributed by atoms with Crippen LogP contribution in [0.4, 0.5) is 0 Å². The standard InChI is InChI=1S/C20H22N4OS/c1-12-18(21-13(2)26-12)20-22-19(23-25-20)15-11-17(14-7-4-3-5-8-14)24-10-6-9-16(15)24/h3-5,7-8,15-17H,6,9-11H2,1-2H3/t15-,16+,17-/m0/s1. The zero-order valence-electron chi connectivity index (χ0n) is 15.1. The summed E-state index contributed by atoms with van der Waals surface area (Å²) in [5.74, 6) is 1.75. The quantitative estimate of drug-likeness (QED) is 0.683. The molecular weight excluding hydrogens is 344 g/mol. The molecule has 0 radical (unpaired) electrons. The van der Waals surface area contributed by atoms with Crippen LogP contribution in [0.5, 0.6) is 0 Å². The third-order valence-corrected chi connectivity index (χ3v) is 6.63. The molecule has 0 bridgehead atoms. The molecule has 0 amide bonds. The van der Waals surface area contributed by atoms with Crippen molar-refractivity contribution in [3.63, 3.8) is 0 Å². The van der Waals surface area contributed by atoms with Gasteiger partial charge in [0.1, 0.15) is 5.69 Å². The van der Waals surface area contributed by atoms with Crippen molar-refractivity contribution in [1.29, 1.82) is 0 Å². The van der Waals surface area contributed by atoms with E-state index in [1.807, 2.05) is 6.92 Å². The third kappa shape index (κ3) is 2.59. The number of benzene rings is 1. The molecule has 0 aliphatic carbocycles. The molecule has 0 saturated carbocycles. The summed E-state index contributed by atoms with van der Waals surface area (Å²) in [4.78, 5) is 13.1. The van der Waals surface area contributed by atoms with E-state index in [-0.39, 0.29) is 0 Å². The van der Waals surface area contributed by atoms with Crippen LogP contribution in [-0.4, -0.2) is 32.6 Å². The van der Waals surface area contributed by atoms with E-state index in [2.05, 4.69) is 52.3 Å². The molecule has 0 unspecified atom stereocenters. The van der Waals surface area contributed by atoms with E-state index in [0.717, 1.165) is 34.4 Å². The van der Waals surface area contributed by atoms with Crippen molar-refractivity contribution in [2.45, 2.75) is 51.1 Å². The summed E-state index contributed by atoms with van der Waals surface area (Å²) in [7, 11) is 0. The van der Waals surface area contributed by atoms with E-state index in [9.17, 15) is 0 Å². The smallest absolute Gasteiger partial charge is 0.277 e. The topological polar surface area (TPSA) is 55.1 Å². The molecule has 6 heteroatoms. The number of hydrogen-bond acceptors (Lipinski definition) is 6. The van der Waals surface area contributed by atoms with E-state index in [4.69, 9.17) is 9.51 Å².